The van der Waals surface area contributed by atoms with Gasteiger partial charge in [-0.1, -0.05) is 31.3 Å². The molecule has 138 valence electrons. The lowest BCUT2D eigenvalue weighted by molar-refractivity contribution is -0.123. The molecule has 0 atom stereocenters. The van der Waals surface area contributed by atoms with E-state index in [1.165, 1.54) is 0 Å². The average Bonchev–Trinajstić information content (AvgIpc) is 2.59. The van der Waals surface area contributed by atoms with E-state index in [-0.39, 0.29) is 36.1 Å². The van der Waals surface area contributed by atoms with Crippen LogP contribution in [0.2, 0.25) is 0 Å². The summed E-state index contributed by atoms with van der Waals surface area (Å²) in [5.74, 6) is -1.62. The summed E-state index contributed by atoms with van der Waals surface area (Å²) in [6.45, 7) is 9.91. The van der Waals surface area contributed by atoms with Crippen LogP contribution in [0.25, 0.3) is 0 Å². The highest BCUT2D eigenvalue weighted by molar-refractivity contribution is 6.31. The van der Waals surface area contributed by atoms with Crippen LogP contribution < -0.4 is 10.6 Å². The summed E-state index contributed by atoms with van der Waals surface area (Å²) in [5, 5.41) is 4.88. The molecule has 26 heavy (non-hydrogen) atoms. The van der Waals surface area contributed by atoms with Gasteiger partial charge in [0.05, 0.1) is 5.03 Å². The highest BCUT2D eigenvalue weighted by Crippen LogP contribution is 2.15. The number of aromatic nitrogens is 1. The van der Waals surface area contributed by atoms with Gasteiger partial charge in [0.15, 0.2) is 6.61 Å². The van der Waals surface area contributed by atoms with Crippen LogP contribution in [0.3, 0.4) is 0 Å². The molecule has 0 fully saturated rings. The molecule has 0 radical (unpaired) electrons. The van der Waals surface area contributed by atoms with E-state index in [0.29, 0.717) is 11.4 Å². The number of allylic oxidation sites excluding steroid dienone is 4. The number of nitrogens with zero attached hydrogens (tertiary/aromatic N) is 1. The molecule has 0 unspecified atom stereocenters. The molecule has 0 aromatic carbocycles. The van der Waals surface area contributed by atoms with Crippen molar-refractivity contribution in [1.29, 1.82) is 0 Å². The minimum Gasteiger partial charge on any atom is -0.484 e. The molecule has 0 saturated carbocycles. The van der Waals surface area contributed by atoms with Crippen molar-refractivity contribution in [3.8, 4) is 0 Å². The first kappa shape index (κ1) is 21.1. The standard InChI is InChI=1S/C18H19ClFN3O3/c1-12(4-5-17(24)23-15-6-8-21-9-7-15)22-18(25)11-26-13(2)10-16(20)14(3)19/h6-10H,1-5,11H2,(H,22,25)(H,21,23,24)/b16-10+. The Hall–Kier alpha value is -2.93. The van der Waals surface area contributed by atoms with Gasteiger partial charge < -0.3 is 15.4 Å². The highest BCUT2D eigenvalue weighted by atomic mass is 35.5. The van der Waals surface area contributed by atoms with E-state index in [9.17, 15) is 14.0 Å². The molecular weight excluding hydrogens is 361 g/mol. The van der Waals surface area contributed by atoms with Gasteiger partial charge in [0.25, 0.3) is 5.91 Å². The number of ether oxygens (including phenoxy) is 1. The van der Waals surface area contributed by atoms with Crippen LogP contribution in [-0.2, 0) is 14.3 Å². The van der Waals surface area contributed by atoms with Crippen molar-refractivity contribution < 1.29 is 18.7 Å². The Labute approximate surface area is 156 Å². The van der Waals surface area contributed by atoms with Gasteiger partial charge in [0, 0.05) is 36.3 Å². The van der Waals surface area contributed by atoms with Crippen LogP contribution >= 0.6 is 11.6 Å². The van der Waals surface area contributed by atoms with Gasteiger partial charge in [-0.25, -0.2) is 4.39 Å². The van der Waals surface area contributed by atoms with Gasteiger partial charge in [-0.05, 0) is 18.6 Å². The van der Waals surface area contributed by atoms with Gasteiger partial charge in [-0.2, -0.15) is 0 Å². The molecule has 8 heteroatoms. The summed E-state index contributed by atoms with van der Waals surface area (Å²) in [6, 6.07) is 3.32. The molecule has 2 N–H and O–H groups in total. The number of carbonyl (C=O) groups is 2. The highest BCUT2D eigenvalue weighted by Gasteiger charge is 2.08. The second kappa shape index (κ2) is 10.8. The number of hydrogen-bond donors (Lipinski definition) is 2. The molecule has 6 nitrogen and oxygen atoms in total. The molecule has 0 aliphatic carbocycles. The van der Waals surface area contributed by atoms with Crippen molar-refractivity contribution in [2.75, 3.05) is 11.9 Å². The van der Waals surface area contributed by atoms with Crippen LogP contribution in [0.1, 0.15) is 12.8 Å². The molecule has 0 bridgehead atoms. The maximum Gasteiger partial charge on any atom is 0.262 e. The van der Waals surface area contributed by atoms with Gasteiger partial charge in [0.2, 0.25) is 5.91 Å². The predicted octanol–water partition coefficient (Wildman–Crippen LogP) is 3.57. The number of nitrogens with one attached hydrogen (secondary N) is 2. The third kappa shape index (κ3) is 8.79. The van der Waals surface area contributed by atoms with Crippen LogP contribution in [0, 0.1) is 0 Å². The Morgan fingerprint density at radius 2 is 1.85 bits per heavy atom. The van der Waals surface area contributed by atoms with Crippen molar-refractivity contribution in [3.05, 3.63) is 72.7 Å². The largest absolute Gasteiger partial charge is 0.484 e. The Balaban J connectivity index is 2.29. The zero-order chi connectivity index (χ0) is 19.5. The summed E-state index contributed by atoms with van der Waals surface area (Å²) in [5.41, 5.74) is 0.983. The molecule has 1 heterocycles. The molecule has 0 spiro atoms. The number of halogens is 2. The van der Waals surface area contributed by atoms with Gasteiger partial charge in [-0.15, -0.1) is 0 Å². The normalized spacial score (nSPS) is 10.6. The lowest BCUT2D eigenvalue weighted by atomic mass is 10.2. The molecule has 0 aliphatic rings. The zero-order valence-corrected chi connectivity index (χ0v) is 14.8. The summed E-state index contributed by atoms with van der Waals surface area (Å²) >= 11 is 5.35. The van der Waals surface area contributed by atoms with E-state index < -0.39 is 11.7 Å². The van der Waals surface area contributed by atoms with Crippen LogP contribution in [0.15, 0.2) is 72.7 Å². The monoisotopic (exact) mass is 379 g/mol. The number of hydrogen-bond acceptors (Lipinski definition) is 4. The second-order valence-corrected chi connectivity index (χ2v) is 5.54. The van der Waals surface area contributed by atoms with Crippen molar-refractivity contribution in [1.82, 2.24) is 10.3 Å². The topological polar surface area (TPSA) is 80.3 Å². The first-order valence-electron chi connectivity index (χ1n) is 7.49. The molecule has 1 rings (SSSR count). The number of amides is 2. The van der Waals surface area contributed by atoms with E-state index in [4.69, 9.17) is 16.3 Å². The fourth-order valence-corrected chi connectivity index (χ4v) is 1.69. The Morgan fingerprint density at radius 1 is 1.19 bits per heavy atom. The Kier molecular flexibility index (Phi) is 8.80. The molecular formula is C18H19ClFN3O3. The summed E-state index contributed by atoms with van der Waals surface area (Å²) in [6.07, 6.45) is 4.44. The number of rotatable bonds is 10. The number of anilines is 1. The zero-order valence-electron chi connectivity index (χ0n) is 14.1. The summed E-state index contributed by atoms with van der Waals surface area (Å²) in [4.78, 5) is 27.4. The maximum atomic E-state index is 13.2. The van der Waals surface area contributed by atoms with Gasteiger partial charge >= 0.3 is 0 Å². The van der Waals surface area contributed by atoms with E-state index in [1.807, 2.05) is 0 Å². The number of pyridine rings is 1. The maximum absolute atomic E-state index is 13.2. The van der Waals surface area contributed by atoms with Gasteiger partial charge in [0.1, 0.15) is 11.6 Å². The van der Waals surface area contributed by atoms with E-state index in [0.717, 1.165) is 6.08 Å². The smallest absolute Gasteiger partial charge is 0.262 e. The summed E-state index contributed by atoms with van der Waals surface area (Å²) < 4.78 is 18.2. The fourth-order valence-electron chi connectivity index (χ4n) is 1.64. The first-order valence-corrected chi connectivity index (χ1v) is 7.87. The molecule has 0 saturated heterocycles. The fraction of sp³-hybridized carbons (Fsp3) is 0.167. The van der Waals surface area contributed by atoms with Gasteiger partial charge in [-0.3, -0.25) is 14.6 Å². The third-order valence-electron chi connectivity index (χ3n) is 2.87. The van der Waals surface area contributed by atoms with Crippen molar-refractivity contribution in [2.24, 2.45) is 0 Å². The Morgan fingerprint density at radius 3 is 2.46 bits per heavy atom. The molecule has 1 aromatic rings. The third-order valence-corrected chi connectivity index (χ3v) is 3.05. The SMILES string of the molecule is C=C(CCC(=O)Nc1ccncc1)NC(=O)COC(=C)/C=C(/F)C(=C)Cl. The Bertz CT molecular complexity index is 732. The second-order valence-electron chi connectivity index (χ2n) is 5.09. The number of carbonyl (C=O) groups excluding carboxylic acids is 2. The van der Waals surface area contributed by atoms with Crippen LogP contribution in [-0.4, -0.2) is 23.4 Å². The van der Waals surface area contributed by atoms with E-state index in [1.54, 1.807) is 24.5 Å². The van der Waals surface area contributed by atoms with E-state index in [2.05, 4.69) is 35.4 Å². The van der Waals surface area contributed by atoms with Crippen molar-refractivity contribution in [3.63, 3.8) is 0 Å². The van der Waals surface area contributed by atoms with Crippen LogP contribution in [0.5, 0.6) is 0 Å². The quantitative estimate of drug-likeness (QED) is 0.481. The minimum absolute atomic E-state index is 0.0817. The lowest BCUT2D eigenvalue weighted by Gasteiger charge is -2.10. The van der Waals surface area contributed by atoms with Crippen molar-refractivity contribution in [2.45, 2.75) is 12.8 Å². The first-order chi connectivity index (χ1) is 12.3. The van der Waals surface area contributed by atoms with E-state index >= 15 is 0 Å². The molecule has 2 amide bonds. The van der Waals surface area contributed by atoms with Crippen molar-refractivity contribution >= 4 is 29.1 Å². The van der Waals surface area contributed by atoms with Crippen LogP contribution in [0.4, 0.5) is 10.1 Å². The summed E-state index contributed by atoms with van der Waals surface area (Å²) in [7, 11) is 0. The molecule has 0 aliphatic heterocycles. The predicted molar refractivity (Wildman–Crippen MR) is 98.7 cm³/mol. The lowest BCUT2D eigenvalue weighted by Crippen LogP contribution is -2.27. The molecule has 1 aromatic heterocycles. The average molecular weight is 380 g/mol. The minimum atomic E-state index is -0.804.